The van der Waals surface area contributed by atoms with Gasteiger partial charge in [-0.25, -0.2) is 0 Å². The average Bonchev–Trinajstić information content (AvgIpc) is 2.54. The Hall–Kier alpha value is -1.35. The molecule has 22 heavy (non-hydrogen) atoms. The third-order valence-corrected chi connectivity index (χ3v) is 4.77. The van der Waals surface area contributed by atoms with Crippen LogP contribution in [0.2, 0.25) is 0 Å². The van der Waals surface area contributed by atoms with Crippen molar-refractivity contribution < 1.29 is 4.79 Å². The Labute approximate surface area is 135 Å². The van der Waals surface area contributed by atoms with E-state index in [9.17, 15) is 4.79 Å². The number of piperidine rings is 1. The number of carbonyl (C=O) groups is 1. The lowest BCUT2D eigenvalue weighted by atomic mass is 9.81. The minimum Gasteiger partial charge on any atom is -0.355 e. The zero-order valence-corrected chi connectivity index (χ0v) is 14.3. The summed E-state index contributed by atoms with van der Waals surface area (Å²) in [5, 5.41) is 3.12. The lowest BCUT2D eigenvalue weighted by Gasteiger charge is -2.32. The SMILES string of the molecule is CC(CNC(=O)CC(C)(C)c1ccccc1)N1CCCCC1. The molecule has 1 N–H and O–H groups in total. The van der Waals surface area contributed by atoms with Crippen LogP contribution in [0.4, 0.5) is 0 Å². The van der Waals surface area contributed by atoms with Gasteiger partial charge in [0, 0.05) is 19.0 Å². The van der Waals surface area contributed by atoms with Crippen molar-refractivity contribution in [2.24, 2.45) is 0 Å². The number of hydrogen-bond donors (Lipinski definition) is 1. The van der Waals surface area contributed by atoms with Gasteiger partial charge < -0.3 is 5.32 Å². The van der Waals surface area contributed by atoms with Gasteiger partial charge >= 0.3 is 0 Å². The van der Waals surface area contributed by atoms with Crippen molar-refractivity contribution in [3.63, 3.8) is 0 Å². The number of carbonyl (C=O) groups excluding carboxylic acids is 1. The lowest BCUT2D eigenvalue weighted by molar-refractivity contribution is -0.122. The molecule has 0 bridgehead atoms. The van der Waals surface area contributed by atoms with Gasteiger partial charge in [-0.1, -0.05) is 50.6 Å². The number of nitrogens with one attached hydrogen (secondary N) is 1. The van der Waals surface area contributed by atoms with Gasteiger partial charge in [0.25, 0.3) is 0 Å². The van der Waals surface area contributed by atoms with E-state index in [4.69, 9.17) is 0 Å². The van der Waals surface area contributed by atoms with Crippen molar-refractivity contribution in [1.82, 2.24) is 10.2 Å². The van der Waals surface area contributed by atoms with Gasteiger partial charge in [-0.2, -0.15) is 0 Å². The van der Waals surface area contributed by atoms with E-state index in [-0.39, 0.29) is 11.3 Å². The summed E-state index contributed by atoms with van der Waals surface area (Å²) >= 11 is 0. The van der Waals surface area contributed by atoms with Crippen molar-refractivity contribution in [3.8, 4) is 0 Å². The van der Waals surface area contributed by atoms with Crippen LogP contribution in [0.5, 0.6) is 0 Å². The summed E-state index contributed by atoms with van der Waals surface area (Å²) in [6.07, 6.45) is 4.46. The molecule has 1 aromatic carbocycles. The van der Waals surface area contributed by atoms with Gasteiger partial charge in [0.1, 0.15) is 0 Å². The van der Waals surface area contributed by atoms with Crippen LogP contribution in [-0.2, 0) is 10.2 Å². The van der Waals surface area contributed by atoms with E-state index in [0.717, 1.165) is 6.54 Å². The highest BCUT2D eigenvalue weighted by Gasteiger charge is 2.24. The Morgan fingerprint density at radius 1 is 1.18 bits per heavy atom. The van der Waals surface area contributed by atoms with Crippen LogP contribution in [-0.4, -0.2) is 36.5 Å². The summed E-state index contributed by atoms with van der Waals surface area (Å²) in [7, 11) is 0. The number of hydrogen-bond acceptors (Lipinski definition) is 2. The van der Waals surface area contributed by atoms with E-state index in [2.05, 4.69) is 43.1 Å². The first-order valence-electron chi connectivity index (χ1n) is 8.55. The first kappa shape index (κ1) is 17.0. The van der Waals surface area contributed by atoms with Gasteiger partial charge in [-0.3, -0.25) is 9.69 Å². The van der Waals surface area contributed by atoms with Crippen molar-refractivity contribution in [2.45, 2.75) is 57.9 Å². The first-order chi connectivity index (χ1) is 10.5. The topological polar surface area (TPSA) is 32.3 Å². The van der Waals surface area contributed by atoms with Crippen LogP contribution in [0.25, 0.3) is 0 Å². The molecule has 0 aromatic heterocycles. The molecule has 3 nitrogen and oxygen atoms in total. The second kappa shape index (κ2) is 7.77. The minimum absolute atomic E-state index is 0.125. The highest BCUT2D eigenvalue weighted by molar-refractivity contribution is 5.77. The summed E-state index contributed by atoms with van der Waals surface area (Å²) in [6.45, 7) is 9.59. The van der Waals surface area contributed by atoms with Crippen molar-refractivity contribution in [2.75, 3.05) is 19.6 Å². The minimum atomic E-state index is -0.125. The lowest BCUT2D eigenvalue weighted by Crippen LogP contribution is -2.45. The maximum atomic E-state index is 12.3. The predicted octanol–water partition coefficient (Wildman–Crippen LogP) is 3.34. The van der Waals surface area contributed by atoms with Crippen molar-refractivity contribution >= 4 is 5.91 Å². The summed E-state index contributed by atoms with van der Waals surface area (Å²) in [5.74, 6) is 0.151. The Kier molecular flexibility index (Phi) is 6.01. The van der Waals surface area contributed by atoms with Crippen LogP contribution in [0.15, 0.2) is 30.3 Å². The number of amides is 1. The Morgan fingerprint density at radius 2 is 1.82 bits per heavy atom. The van der Waals surface area contributed by atoms with Gasteiger partial charge in [-0.05, 0) is 43.8 Å². The summed E-state index contributed by atoms with van der Waals surface area (Å²) in [5.41, 5.74) is 1.09. The number of rotatable bonds is 6. The molecule has 0 radical (unpaired) electrons. The molecule has 1 heterocycles. The van der Waals surface area contributed by atoms with Crippen LogP contribution in [0, 0.1) is 0 Å². The Bertz CT molecular complexity index is 464. The quantitative estimate of drug-likeness (QED) is 0.874. The average molecular weight is 302 g/mol. The third kappa shape index (κ3) is 4.84. The van der Waals surface area contributed by atoms with Crippen LogP contribution < -0.4 is 5.32 Å². The molecule has 1 fully saturated rings. The van der Waals surface area contributed by atoms with E-state index < -0.39 is 0 Å². The van der Waals surface area contributed by atoms with Crippen molar-refractivity contribution in [1.29, 1.82) is 0 Å². The molecule has 2 rings (SSSR count). The van der Waals surface area contributed by atoms with E-state index in [0.29, 0.717) is 12.5 Å². The molecule has 1 saturated heterocycles. The molecule has 0 saturated carbocycles. The molecule has 1 aliphatic rings. The molecule has 122 valence electrons. The molecule has 0 aliphatic carbocycles. The number of nitrogens with zero attached hydrogens (tertiary/aromatic N) is 1. The second-order valence-electron chi connectivity index (χ2n) is 7.18. The van der Waals surface area contributed by atoms with Gasteiger partial charge in [0.2, 0.25) is 5.91 Å². The van der Waals surface area contributed by atoms with Crippen LogP contribution >= 0.6 is 0 Å². The summed E-state index contributed by atoms with van der Waals surface area (Å²) in [6, 6.07) is 10.7. The highest BCUT2D eigenvalue weighted by Crippen LogP contribution is 2.26. The van der Waals surface area contributed by atoms with E-state index in [1.807, 2.05) is 18.2 Å². The maximum Gasteiger partial charge on any atom is 0.220 e. The Balaban J connectivity index is 1.80. The zero-order chi connectivity index (χ0) is 16.0. The molecule has 1 aliphatic heterocycles. The van der Waals surface area contributed by atoms with Gasteiger partial charge in [0.15, 0.2) is 0 Å². The fourth-order valence-electron chi connectivity index (χ4n) is 3.21. The van der Waals surface area contributed by atoms with E-state index in [1.54, 1.807) is 0 Å². The molecule has 1 unspecified atom stereocenters. The van der Waals surface area contributed by atoms with Crippen LogP contribution in [0.1, 0.15) is 52.0 Å². The summed E-state index contributed by atoms with van der Waals surface area (Å²) in [4.78, 5) is 14.8. The molecular weight excluding hydrogens is 272 g/mol. The maximum absolute atomic E-state index is 12.3. The molecule has 1 aromatic rings. The normalized spacial score (nSPS) is 18.0. The highest BCUT2D eigenvalue weighted by atomic mass is 16.1. The van der Waals surface area contributed by atoms with Gasteiger partial charge in [0.05, 0.1) is 0 Å². The smallest absolute Gasteiger partial charge is 0.220 e. The molecule has 0 spiro atoms. The zero-order valence-electron chi connectivity index (χ0n) is 14.3. The van der Waals surface area contributed by atoms with Crippen molar-refractivity contribution in [3.05, 3.63) is 35.9 Å². The fourth-order valence-corrected chi connectivity index (χ4v) is 3.21. The molecular formula is C19H30N2O. The first-order valence-corrected chi connectivity index (χ1v) is 8.55. The molecule has 1 atom stereocenters. The third-order valence-electron chi connectivity index (χ3n) is 4.77. The number of likely N-dealkylation sites (tertiary alicyclic amines) is 1. The number of benzene rings is 1. The van der Waals surface area contributed by atoms with E-state index in [1.165, 1.54) is 37.9 Å². The summed E-state index contributed by atoms with van der Waals surface area (Å²) < 4.78 is 0. The van der Waals surface area contributed by atoms with Gasteiger partial charge in [-0.15, -0.1) is 0 Å². The largest absolute Gasteiger partial charge is 0.355 e. The molecule has 1 amide bonds. The Morgan fingerprint density at radius 3 is 2.45 bits per heavy atom. The predicted molar refractivity (Wildman–Crippen MR) is 92.0 cm³/mol. The van der Waals surface area contributed by atoms with Crippen LogP contribution in [0.3, 0.4) is 0 Å². The standard InChI is InChI=1S/C19H30N2O/c1-16(21-12-8-5-9-13-21)15-20-18(22)14-19(2,3)17-10-6-4-7-11-17/h4,6-7,10-11,16H,5,8-9,12-15H2,1-3H3,(H,20,22). The second-order valence-corrected chi connectivity index (χ2v) is 7.18. The van der Waals surface area contributed by atoms with E-state index >= 15 is 0 Å². The fraction of sp³-hybridized carbons (Fsp3) is 0.632. The monoisotopic (exact) mass is 302 g/mol. The molecule has 3 heteroatoms.